The second-order valence-corrected chi connectivity index (χ2v) is 5.87. The number of nitrogens with one attached hydrogen (secondary N) is 1. The molecule has 0 fully saturated rings. The van der Waals surface area contributed by atoms with Gasteiger partial charge in [-0.2, -0.15) is 0 Å². The molecule has 0 radical (unpaired) electrons. The Bertz CT molecular complexity index is 681. The maximum atomic E-state index is 9.32. The van der Waals surface area contributed by atoms with Crippen LogP contribution in [0, 0.1) is 0 Å². The molecular formula is C20H23NO. The van der Waals surface area contributed by atoms with Gasteiger partial charge in [0.1, 0.15) is 5.75 Å². The van der Waals surface area contributed by atoms with Gasteiger partial charge in [0, 0.05) is 18.2 Å². The lowest BCUT2D eigenvalue weighted by Gasteiger charge is -2.28. The van der Waals surface area contributed by atoms with Crippen molar-refractivity contribution in [3.63, 3.8) is 0 Å². The number of hydrogen-bond donors (Lipinski definition) is 2. The average Bonchev–Trinajstić information content (AvgIpc) is 2.53. The van der Waals surface area contributed by atoms with Crippen LogP contribution in [0.15, 0.2) is 66.8 Å². The second-order valence-electron chi connectivity index (χ2n) is 5.87. The number of rotatable bonds is 5. The van der Waals surface area contributed by atoms with E-state index in [4.69, 9.17) is 0 Å². The number of benzene rings is 2. The molecule has 0 aliphatic carbocycles. The van der Waals surface area contributed by atoms with E-state index in [0.29, 0.717) is 0 Å². The van der Waals surface area contributed by atoms with Crippen molar-refractivity contribution in [3.8, 4) is 5.75 Å². The summed E-state index contributed by atoms with van der Waals surface area (Å²) in [6, 6.07) is 15.4. The van der Waals surface area contributed by atoms with E-state index in [-0.39, 0.29) is 11.2 Å². The van der Waals surface area contributed by atoms with Crippen LogP contribution in [0.4, 0.5) is 5.69 Å². The fourth-order valence-electron chi connectivity index (χ4n) is 2.41. The van der Waals surface area contributed by atoms with Crippen LogP contribution in [0.25, 0.3) is 6.08 Å². The van der Waals surface area contributed by atoms with Crippen molar-refractivity contribution in [3.05, 3.63) is 77.9 Å². The van der Waals surface area contributed by atoms with Crippen LogP contribution in [0.2, 0.25) is 0 Å². The minimum Gasteiger partial charge on any atom is -0.508 e. The number of hydrogen-bond acceptors (Lipinski definition) is 2. The van der Waals surface area contributed by atoms with Gasteiger partial charge in [0.25, 0.3) is 0 Å². The Hall–Kier alpha value is -2.48. The van der Waals surface area contributed by atoms with Crippen molar-refractivity contribution < 1.29 is 5.11 Å². The summed E-state index contributed by atoms with van der Waals surface area (Å²) in [7, 11) is 1.93. The summed E-state index contributed by atoms with van der Waals surface area (Å²) in [4.78, 5) is 0. The Kier molecular flexibility index (Phi) is 4.71. The molecule has 2 aromatic rings. The standard InChI is InChI=1S/C20H23NO/c1-15(9-10-16-11-13-17(22)14-12-16)20(2,3)18-7-5-6-8-19(18)21-4/h5-14,21-22H,1H2,2-4H3/b10-9+. The average molecular weight is 293 g/mol. The maximum absolute atomic E-state index is 9.32. The first-order valence-corrected chi connectivity index (χ1v) is 7.39. The highest BCUT2D eigenvalue weighted by Crippen LogP contribution is 2.36. The van der Waals surface area contributed by atoms with Crippen molar-refractivity contribution in [1.82, 2.24) is 0 Å². The van der Waals surface area contributed by atoms with Crippen LogP contribution in [0.5, 0.6) is 5.75 Å². The molecule has 0 spiro atoms. The van der Waals surface area contributed by atoms with Gasteiger partial charge < -0.3 is 10.4 Å². The predicted octanol–water partition coefficient (Wildman–Crippen LogP) is 4.98. The molecule has 0 saturated carbocycles. The molecule has 114 valence electrons. The first-order chi connectivity index (χ1) is 10.4. The summed E-state index contributed by atoms with van der Waals surface area (Å²) in [6.45, 7) is 8.59. The molecule has 0 aliphatic rings. The molecule has 2 nitrogen and oxygen atoms in total. The van der Waals surface area contributed by atoms with Crippen molar-refractivity contribution in [2.24, 2.45) is 0 Å². The van der Waals surface area contributed by atoms with Crippen LogP contribution in [0.1, 0.15) is 25.0 Å². The minimum absolute atomic E-state index is 0.174. The molecule has 0 atom stereocenters. The monoisotopic (exact) mass is 293 g/mol. The number of allylic oxidation sites excluding steroid dienone is 2. The van der Waals surface area contributed by atoms with E-state index in [1.807, 2.05) is 37.4 Å². The predicted molar refractivity (Wildman–Crippen MR) is 95.3 cm³/mol. The molecule has 22 heavy (non-hydrogen) atoms. The van der Waals surface area contributed by atoms with Gasteiger partial charge >= 0.3 is 0 Å². The minimum atomic E-state index is -0.174. The fraction of sp³-hybridized carbons (Fsp3) is 0.200. The summed E-state index contributed by atoms with van der Waals surface area (Å²) >= 11 is 0. The SMILES string of the molecule is C=C(/C=C/c1ccc(O)cc1)C(C)(C)c1ccccc1NC. The zero-order chi connectivity index (χ0) is 16.2. The van der Waals surface area contributed by atoms with Crippen LogP contribution >= 0.6 is 0 Å². The molecule has 0 bridgehead atoms. The number of aromatic hydroxyl groups is 1. The fourth-order valence-corrected chi connectivity index (χ4v) is 2.41. The number of phenolic OH excluding ortho intramolecular Hbond substituents is 1. The Morgan fingerprint density at radius 1 is 1.09 bits per heavy atom. The second kappa shape index (κ2) is 6.52. The van der Waals surface area contributed by atoms with Gasteiger partial charge in [-0.1, -0.05) is 62.9 Å². The highest BCUT2D eigenvalue weighted by molar-refractivity contribution is 5.60. The van der Waals surface area contributed by atoms with Crippen LogP contribution < -0.4 is 5.32 Å². The van der Waals surface area contributed by atoms with Gasteiger partial charge in [-0.05, 0) is 34.9 Å². The smallest absolute Gasteiger partial charge is 0.115 e. The topological polar surface area (TPSA) is 32.3 Å². The summed E-state index contributed by atoms with van der Waals surface area (Å²) in [5, 5.41) is 12.6. The van der Waals surface area contributed by atoms with Gasteiger partial charge in [0.15, 0.2) is 0 Å². The van der Waals surface area contributed by atoms with Crippen LogP contribution in [-0.2, 0) is 5.41 Å². The molecule has 0 aliphatic heterocycles. The number of anilines is 1. The van der Waals surface area contributed by atoms with Crippen molar-refractivity contribution in [1.29, 1.82) is 0 Å². The number of para-hydroxylation sites is 1. The lowest BCUT2D eigenvalue weighted by atomic mass is 9.77. The molecule has 0 amide bonds. The van der Waals surface area contributed by atoms with E-state index in [9.17, 15) is 5.11 Å². The van der Waals surface area contributed by atoms with Crippen molar-refractivity contribution >= 4 is 11.8 Å². The van der Waals surface area contributed by atoms with Gasteiger partial charge in [0.05, 0.1) is 0 Å². The lowest BCUT2D eigenvalue weighted by Crippen LogP contribution is -2.20. The quantitative estimate of drug-likeness (QED) is 0.762. The Labute approximate surface area is 132 Å². The van der Waals surface area contributed by atoms with Crippen molar-refractivity contribution in [2.45, 2.75) is 19.3 Å². The van der Waals surface area contributed by atoms with Gasteiger partial charge in [-0.3, -0.25) is 0 Å². The molecule has 2 rings (SSSR count). The summed E-state index contributed by atoms with van der Waals surface area (Å²) in [5.74, 6) is 0.277. The third-order valence-corrected chi connectivity index (χ3v) is 4.04. The third kappa shape index (κ3) is 3.40. The first-order valence-electron chi connectivity index (χ1n) is 7.39. The van der Waals surface area contributed by atoms with Gasteiger partial charge in [-0.25, -0.2) is 0 Å². The van der Waals surface area contributed by atoms with Gasteiger partial charge in [-0.15, -0.1) is 0 Å². The third-order valence-electron chi connectivity index (χ3n) is 4.04. The van der Waals surface area contributed by atoms with Gasteiger partial charge in [0.2, 0.25) is 0 Å². The lowest BCUT2D eigenvalue weighted by molar-refractivity contribution is 0.475. The van der Waals surface area contributed by atoms with Crippen molar-refractivity contribution in [2.75, 3.05) is 12.4 Å². The van der Waals surface area contributed by atoms with E-state index >= 15 is 0 Å². The van der Waals surface area contributed by atoms with Crippen LogP contribution in [-0.4, -0.2) is 12.2 Å². The normalized spacial score (nSPS) is 11.6. The Morgan fingerprint density at radius 3 is 2.36 bits per heavy atom. The highest BCUT2D eigenvalue weighted by atomic mass is 16.3. The Balaban J connectivity index is 2.25. The largest absolute Gasteiger partial charge is 0.508 e. The molecule has 0 heterocycles. The first kappa shape index (κ1) is 15.9. The molecule has 2 N–H and O–H groups in total. The zero-order valence-electron chi connectivity index (χ0n) is 13.4. The highest BCUT2D eigenvalue weighted by Gasteiger charge is 2.25. The van der Waals surface area contributed by atoms with E-state index < -0.39 is 0 Å². The summed E-state index contributed by atoms with van der Waals surface area (Å²) < 4.78 is 0. The molecule has 0 saturated heterocycles. The van der Waals surface area contributed by atoms with E-state index in [0.717, 1.165) is 16.8 Å². The van der Waals surface area contributed by atoms with E-state index in [2.05, 4.69) is 43.9 Å². The molecule has 0 aromatic heterocycles. The van der Waals surface area contributed by atoms with E-state index in [1.165, 1.54) is 5.56 Å². The number of phenols is 1. The zero-order valence-corrected chi connectivity index (χ0v) is 13.4. The summed E-state index contributed by atoms with van der Waals surface area (Å²) in [5.41, 5.74) is 4.23. The maximum Gasteiger partial charge on any atom is 0.115 e. The molecule has 2 heteroatoms. The summed E-state index contributed by atoms with van der Waals surface area (Å²) in [6.07, 6.45) is 4.06. The molecule has 0 unspecified atom stereocenters. The molecular weight excluding hydrogens is 270 g/mol. The van der Waals surface area contributed by atoms with E-state index in [1.54, 1.807) is 12.1 Å². The molecule has 2 aromatic carbocycles. The van der Waals surface area contributed by atoms with Crippen LogP contribution in [0.3, 0.4) is 0 Å². The Morgan fingerprint density at radius 2 is 1.73 bits per heavy atom.